The molecular formula is C9H16N6O2. The number of amides is 2. The lowest BCUT2D eigenvalue weighted by molar-refractivity contribution is -0.129. The Morgan fingerprint density at radius 3 is 2.47 bits per heavy atom. The van der Waals surface area contributed by atoms with E-state index in [1.165, 1.54) is 9.80 Å². The molecule has 0 unspecified atom stereocenters. The lowest BCUT2D eigenvalue weighted by atomic mass is 10.4. The van der Waals surface area contributed by atoms with E-state index >= 15 is 0 Å². The number of anilines is 1. The van der Waals surface area contributed by atoms with Crippen LogP contribution in [0.15, 0.2) is 0 Å². The maximum atomic E-state index is 11.9. The van der Waals surface area contributed by atoms with Gasteiger partial charge >= 0.3 is 0 Å². The molecule has 0 aliphatic carbocycles. The number of H-pyrrole nitrogens is 1. The first kappa shape index (κ1) is 12.9. The number of hydrogen-bond acceptors (Lipinski definition) is 5. The summed E-state index contributed by atoms with van der Waals surface area (Å²) in [6, 6.07) is 0. The number of aromatic amines is 1. The molecular weight excluding hydrogens is 224 g/mol. The zero-order valence-corrected chi connectivity index (χ0v) is 10.1. The van der Waals surface area contributed by atoms with Gasteiger partial charge in [-0.25, -0.2) is 0 Å². The van der Waals surface area contributed by atoms with Crippen LogP contribution in [0.4, 0.5) is 5.95 Å². The molecule has 1 aromatic rings. The van der Waals surface area contributed by atoms with E-state index in [1.54, 1.807) is 21.0 Å². The van der Waals surface area contributed by atoms with Crippen LogP contribution in [0.25, 0.3) is 0 Å². The number of rotatable bonds is 4. The Morgan fingerprint density at radius 1 is 1.41 bits per heavy atom. The Balaban J connectivity index is 2.74. The summed E-state index contributed by atoms with van der Waals surface area (Å²) in [5, 5.41) is 5.99. The van der Waals surface area contributed by atoms with Gasteiger partial charge < -0.3 is 15.5 Å². The first-order valence-electron chi connectivity index (χ1n) is 5.13. The van der Waals surface area contributed by atoms with Crippen LogP contribution in [0.1, 0.15) is 17.5 Å². The molecule has 0 saturated heterocycles. The van der Waals surface area contributed by atoms with Gasteiger partial charge in [0.05, 0.1) is 0 Å². The van der Waals surface area contributed by atoms with Gasteiger partial charge in [-0.15, -0.1) is 5.10 Å². The Hall–Kier alpha value is -2.12. The number of carbonyl (C=O) groups excluding carboxylic acids is 2. The van der Waals surface area contributed by atoms with Crippen molar-refractivity contribution in [1.82, 2.24) is 25.0 Å². The summed E-state index contributed by atoms with van der Waals surface area (Å²) in [5.74, 6) is -0.515. The standard InChI is InChI=1S/C9H16N6O2/c1-4-15(5-6(16)14(2)3)8(17)7-11-9(10)13-12-7/h4-5H2,1-3H3,(H3,10,11,12,13). The first-order valence-corrected chi connectivity index (χ1v) is 5.13. The average Bonchev–Trinajstić information content (AvgIpc) is 2.71. The summed E-state index contributed by atoms with van der Waals surface area (Å²) in [4.78, 5) is 29.9. The first-order chi connectivity index (χ1) is 7.95. The second-order valence-corrected chi connectivity index (χ2v) is 3.65. The zero-order valence-electron chi connectivity index (χ0n) is 10.1. The predicted octanol–water partition coefficient (Wildman–Crippen LogP) is -1.06. The lowest BCUT2D eigenvalue weighted by Gasteiger charge is -2.20. The molecule has 1 heterocycles. The molecule has 17 heavy (non-hydrogen) atoms. The van der Waals surface area contributed by atoms with Crippen molar-refractivity contribution >= 4 is 17.8 Å². The van der Waals surface area contributed by atoms with E-state index in [0.29, 0.717) is 6.54 Å². The van der Waals surface area contributed by atoms with Crippen molar-refractivity contribution in [2.75, 3.05) is 32.9 Å². The van der Waals surface area contributed by atoms with Crippen LogP contribution in [-0.4, -0.2) is 64.0 Å². The number of hydrogen-bond donors (Lipinski definition) is 2. The third kappa shape index (κ3) is 3.16. The van der Waals surface area contributed by atoms with Gasteiger partial charge in [-0.3, -0.25) is 14.7 Å². The van der Waals surface area contributed by atoms with Gasteiger partial charge in [0.1, 0.15) is 6.54 Å². The van der Waals surface area contributed by atoms with Crippen molar-refractivity contribution < 1.29 is 9.59 Å². The molecule has 1 aromatic heterocycles. The third-order valence-corrected chi connectivity index (χ3v) is 2.20. The zero-order chi connectivity index (χ0) is 13.0. The van der Waals surface area contributed by atoms with Crippen molar-refractivity contribution in [3.05, 3.63) is 5.82 Å². The molecule has 0 aliphatic rings. The van der Waals surface area contributed by atoms with E-state index in [0.717, 1.165) is 0 Å². The molecule has 0 bridgehead atoms. The predicted molar refractivity (Wildman–Crippen MR) is 61.1 cm³/mol. The lowest BCUT2D eigenvalue weighted by Crippen LogP contribution is -2.40. The third-order valence-electron chi connectivity index (χ3n) is 2.20. The summed E-state index contributed by atoms with van der Waals surface area (Å²) >= 11 is 0. The molecule has 0 spiro atoms. The number of nitrogen functional groups attached to an aromatic ring is 1. The molecule has 0 radical (unpaired) electrons. The minimum absolute atomic E-state index is 0.00291. The van der Waals surface area contributed by atoms with E-state index in [-0.39, 0.29) is 24.2 Å². The van der Waals surface area contributed by atoms with E-state index in [1.807, 2.05) is 0 Å². The quantitative estimate of drug-likeness (QED) is 0.697. The molecule has 0 saturated carbocycles. The fourth-order valence-electron chi connectivity index (χ4n) is 1.15. The Kier molecular flexibility index (Phi) is 4.02. The fourth-order valence-corrected chi connectivity index (χ4v) is 1.15. The highest BCUT2D eigenvalue weighted by Crippen LogP contribution is 2.01. The molecule has 94 valence electrons. The van der Waals surface area contributed by atoms with Crippen LogP contribution in [-0.2, 0) is 4.79 Å². The van der Waals surface area contributed by atoms with Crippen molar-refractivity contribution in [2.24, 2.45) is 0 Å². The Labute approximate surface area is 98.8 Å². The van der Waals surface area contributed by atoms with Gasteiger partial charge in [-0.1, -0.05) is 0 Å². The number of likely N-dealkylation sites (N-methyl/N-ethyl adjacent to an activating group) is 2. The molecule has 3 N–H and O–H groups in total. The van der Waals surface area contributed by atoms with Crippen LogP contribution < -0.4 is 5.73 Å². The molecule has 2 amide bonds. The maximum absolute atomic E-state index is 11.9. The van der Waals surface area contributed by atoms with Crippen molar-refractivity contribution in [1.29, 1.82) is 0 Å². The van der Waals surface area contributed by atoms with E-state index < -0.39 is 5.91 Å². The highest BCUT2D eigenvalue weighted by molar-refractivity contribution is 5.93. The second-order valence-electron chi connectivity index (χ2n) is 3.65. The minimum atomic E-state index is -0.396. The van der Waals surface area contributed by atoms with Crippen molar-refractivity contribution in [3.8, 4) is 0 Å². The number of aromatic nitrogens is 3. The number of nitrogens with one attached hydrogen (secondary N) is 1. The van der Waals surface area contributed by atoms with Crippen molar-refractivity contribution in [3.63, 3.8) is 0 Å². The normalized spacial score (nSPS) is 10.1. The molecule has 8 heteroatoms. The summed E-state index contributed by atoms with van der Waals surface area (Å²) in [5.41, 5.74) is 5.31. The molecule has 0 atom stereocenters. The van der Waals surface area contributed by atoms with E-state index in [9.17, 15) is 9.59 Å². The average molecular weight is 240 g/mol. The summed E-state index contributed by atoms with van der Waals surface area (Å²) in [7, 11) is 3.26. The topological polar surface area (TPSA) is 108 Å². The molecule has 0 aliphatic heterocycles. The largest absolute Gasteiger partial charge is 0.366 e. The SMILES string of the molecule is CCN(CC(=O)N(C)C)C(=O)c1nc(N)n[nH]1. The monoisotopic (exact) mass is 240 g/mol. The van der Waals surface area contributed by atoms with Gasteiger partial charge in [0.25, 0.3) is 5.91 Å². The van der Waals surface area contributed by atoms with Crippen LogP contribution in [0.5, 0.6) is 0 Å². The summed E-state index contributed by atoms with van der Waals surface area (Å²) in [6.07, 6.45) is 0. The maximum Gasteiger partial charge on any atom is 0.291 e. The number of nitrogens with zero attached hydrogens (tertiary/aromatic N) is 4. The van der Waals surface area contributed by atoms with Gasteiger partial charge in [0.2, 0.25) is 17.7 Å². The van der Waals surface area contributed by atoms with Gasteiger partial charge in [0.15, 0.2) is 0 Å². The molecule has 1 rings (SSSR count). The van der Waals surface area contributed by atoms with Crippen LogP contribution in [0.2, 0.25) is 0 Å². The Morgan fingerprint density at radius 2 is 2.06 bits per heavy atom. The molecule has 8 nitrogen and oxygen atoms in total. The van der Waals surface area contributed by atoms with Gasteiger partial charge in [0, 0.05) is 20.6 Å². The smallest absolute Gasteiger partial charge is 0.291 e. The number of carbonyl (C=O) groups is 2. The highest BCUT2D eigenvalue weighted by atomic mass is 16.2. The van der Waals surface area contributed by atoms with Gasteiger partial charge in [-0.05, 0) is 6.92 Å². The van der Waals surface area contributed by atoms with Crippen LogP contribution in [0, 0.1) is 0 Å². The van der Waals surface area contributed by atoms with Crippen LogP contribution in [0.3, 0.4) is 0 Å². The molecule has 0 fully saturated rings. The van der Waals surface area contributed by atoms with Gasteiger partial charge in [-0.2, -0.15) is 4.98 Å². The Bertz CT molecular complexity index is 413. The van der Waals surface area contributed by atoms with Crippen LogP contribution >= 0.6 is 0 Å². The van der Waals surface area contributed by atoms with Crippen molar-refractivity contribution in [2.45, 2.75) is 6.92 Å². The molecule has 0 aromatic carbocycles. The fraction of sp³-hybridized carbons (Fsp3) is 0.556. The summed E-state index contributed by atoms with van der Waals surface area (Å²) in [6.45, 7) is 2.18. The van der Waals surface area contributed by atoms with E-state index in [4.69, 9.17) is 5.73 Å². The second kappa shape index (κ2) is 5.28. The minimum Gasteiger partial charge on any atom is -0.366 e. The highest BCUT2D eigenvalue weighted by Gasteiger charge is 2.20. The number of nitrogens with two attached hydrogens (primary N) is 1. The van der Waals surface area contributed by atoms with E-state index in [2.05, 4.69) is 15.2 Å². The summed E-state index contributed by atoms with van der Waals surface area (Å²) < 4.78 is 0.